The molecule has 126 valence electrons. The Kier molecular flexibility index (Phi) is 13.2. The summed E-state index contributed by atoms with van der Waals surface area (Å²) in [5, 5.41) is 2.88. The molecule has 5 heteroatoms. The topological polar surface area (TPSA) is 55.1 Å². The van der Waals surface area contributed by atoms with Crippen LogP contribution in [-0.4, -0.2) is 12.5 Å². The molecule has 0 aliphatic rings. The molecule has 1 rings (SSSR count). The van der Waals surface area contributed by atoms with Crippen molar-refractivity contribution in [3.8, 4) is 0 Å². The molecule has 1 amide bonds. The van der Waals surface area contributed by atoms with Gasteiger partial charge in [-0.2, -0.15) is 0 Å². The molecule has 0 spiro atoms. The highest BCUT2D eigenvalue weighted by atomic mass is 35.5. The first-order valence-corrected chi connectivity index (χ1v) is 7.27. The lowest BCUT2D eigenvalue weighted by Crippen LogP contribution is -2.31. The standard InChI is InChI=1S/C17H26N2O.2ClH/c1-4-5-6-7-17(20)19-12-16(18)15-10-8-14(9-11-15)13(2)3;;/h4,8-11,13,16H,1,5-7,12,18H2,2-3H3,(H,19,20);2*1H. The summed E-state index contributed by atoms with van der Waals surface area (Å²) >= 11 is 0. The Balaban J connectivity index is 0. The number of benzene rings is 1. The van der Waals surface area contributed by atoms with E-state index in [1.165, 1.54) is 5.56 Å². The normalized spacial score (nSPS) is 11.1. The Bertz CT molecular complexity index is 433. The summed E-state index contributed by atoms with van der Waals surface area (Å²) in [6.07, 6.45) is 4.07. The van der Waals surface area contributed by atoms with Gasteiger partial charge < -0.3 is 11.1 Å². The zero-order valence-electron chi connectivity index (χ0n) is 13.4. The summed E-state index contributed by atoms with van der Waals surface area (Å²) in [4.78, 5) is 11.6. The van der Waals surface area contributed by atoms with Crippen LogP contribution >= 0.6 is 24.8 Å². The largest absolute Gasteiger partial charge is 0.354 e. The second kappa shape index (κ2) is 12.5. The highest BCUT2D eigenvalue weighted by molar-refractivity contribution is 5.85. The number of nitrogens with two attached hydrogens (primary N) is 1. The molecule has 0 aliphatic carbocycles. The predicted molar refractivity (Wildman–Crippen MR) is 99.0 cm³/mol. The van der Waals surface area contributed by atoms with Crippen molar-refractivity contribution in [2.24, 2.45) is 5.73 Å². The maximum Gasteiger partial charge on any atom is 0.220 e. The number of unbranched alkanes of at least 4 members (excludes halogenated alkanes) is 1. The molecule has 0 fully saturated rings. The average Bonchev–Trinajstić information content (AvgIpc) is 2.45. The fraction of sp³-hybridized carbons (Fsp3) is 0.471. The molecule has 0 saturated carbocycles. The number of allylic oxidation sites excluding steroid dienone is 1. The summed E-state index contributed by atoms with van der Waals surface area (Å²) in [6, 6.07) is 8.14. The van der Waals surface area contributed by atoms with E-state index in [2.05, 4.69) is 37.9 Å². The number of amides is 1. The van der Waals surface area contributed by atoms with Gasteiger partial charge in [-0.15, -0.1) is 31.4 Å². The molecule has 0 aliphatic heterocycles. The van der Waals surface area contributed by atoms with Crippen molar-refractivity contribution in [2.75, 3.05) is 6.54 Å². The summed E-state index contributed by atoms with van der Waals surface area (Å²) in [6.45, 7) is 8.45. The van der Waals surface area contributed by atoms with E-state index in [-0.39, 0.29) is 36.8 Å². The Hall–Kier alpha value is -1.03. The Morgan fingerprint density at radius 2 is 1.77 bits per heavy atom. The van der Waals surface area contributed by atoms with Crippen LogP contribution in [0.4, 0.5) is 0 Å². The lowest BCUT2D eigenvalue weighted by molar-refractivity contribution is -0.121. The Labute approximate surface area is 146 Å². The van der Waals surface area contributed by atoms with Crippen molar-refractivity contribution in [1.82, 2.24) is 5.32 Å². The Morgan fingerprint density at radius 1 is 1.23 bits per heavy atom. The van der Waals surface area contributed by atoms with Crippen LogP contribution in [-0.2, 0) is 4.79 Å². The Morgan fingerprint density at radius 3 is 2.27 bits per heavy atom. The van der Waals surface area contributed by atoms with Crippen LogP contribution in [0.5, 0.6) is 0 Å². The number of halogens is 2. The van der Waals surface area contributed by atoms with Crippen molar-refractivity contribution in [2.45, 2.75) is 45.1 Å². The van der Waals surface area contributed by atoms with Crippen molar-refractivity contribution >= 4 is 30.7 Å². The van der Waals surface area contributed by atoms with Crippen LogP contribution < -0.4 is 11.1 Å². The fourth-order valence-electron chi connectivity index (χ4n) is 1.97. The number of rotatable bonds is 8. The lowest BCUT2D eigenvalue weighted by Gasteiger charge is -2.14. The number of carbonyl (C=O) groups excluding carboxylic acids is 1. The third-order valence-corrected chi connectivity index (χ3v) is 3.36. The number of hydrogen-bond acceptors (Lipinski definition) is 2. The van der Waals surface area contributed by atoms with E-state index in [4.69, 9.17) is 5.73 Å². The molecular formula is C17H28Cl2N2O. The van der Waals surface area contributed by atoms with E-state index in [0.717, 1.165) is 18.4 Å². The summed E-state index contributed by atoms with van der Waals surface area (Å²) < 4.78 is 0. The van der Waals surface area contributed by atoms with E-state index in [9.17, 15) is 4.79 Å². The van der Waals surface area contributed by atoms with Crippen LogP contribution in [0.25, 0.3) is 0 Å². The highest BCUT2D eigenvalue weighted by Crippen LogP contribution is 2.17. The molecule has 1 atom stereocenters. The first-order chi connectivity index (χ1) is 9.54. The third-order valence-electron chi connectivity index (χ3n) is 3.36. The fourth-order valence-corrected chi connectivity index (χ4v) is 1.97. The van der Waals surface area contributed by atoms with Gasteiger partial charge in [0.05, 0.1) is 0 Å². The van der Waals surface area contributed by atoms with E-state index < -0.39 is 0 Å². The molecule has 22 heavy (non-hydrogen) atoms. The summed E-state index contributed by atoms with van der Waals surface area (Å²) in [7, 11) is 0. The van der Waals surface area contributed by atoms with Crippen molar-refractivity contribution in [3.63, 3.8) is 0 Å². The van der Waals surface area contributed by atoms with Crippen LogP contribution in [0.1, 0.15) is 56.2 Å². The first kappa shape index (κ1) is 23.2. The molecule has 1 unspecified atom stereocenters. The molecule has 3 nitrogen and oxygen atoms in total. The zero-order chi connectivity index (χ0) is 15.0. The van der Waals surface area contributed by atoms with Crippen molar-refractivity contribution in [1.29, 1.82) is 0 Å². The van der Waals surface area contributed by atoms with Gasteiger partial charge in [0.1, 0.15) is 0 Å². The monoisotopic (exact) mass is 346 g/mol. The molecular weight excluding hydrogens is 319 g/mol. The van der Waals surface area contributed by atoms with Crippen LogP contribution in [0.2, 0.25) is 0 Å². The van der Waals surface area contributed by atoms with Crippen LogP contribution in [0, 0.1) is 0 Å². The maximum atomic E-state index is 11.6. The van der Waals surface area contributed by atoms with Gasteiger partial charge in [-0.25, -0.2) is 0 Å². The smallest absolute Gasteiger partial charge is 0.220 e. The van der Waals surface area contributed by atoms with Crippen molar-refractivity contribution < 1.29 is 4.79 Å². The molecule has 0 saturated heterocycles. The van der Waals surface area contributed by atoms with Gasteiger partial charge in [-0.3, -0.25) is 4.79 Å². The minimum Gasteiger partial charge on any atom is -0.354 e. The average molecular weight is 347 g/mol. The highest BCUT2D eigenvalue weighted by Gasteiger charge is 2.08. The molecule has 1 aromatic carbocycles. The second-order valence-electron chi connectivity index (χ2n) is 5.41. The van der Waals surface area contributed by atoms with E-state index in [1.807, 2.05) is 18.2 Å². The molecule has 3 N–H and O–H groups in total. The van der Waals surface area contributed by atoms with Gasteiger partial charge in [0.15, 0.2) is 0 Å². The second-order valence-corrected chi connectivity index (χ2v) is 5.41. The first-order valence-electron chi connectivity index (χ1n) is 7.27. The molecule has 1 aromatic rings. The number of hydrogen-bond donors (Lipinski definition) is 2. The molecule has 0 heterocycles. The van der Waals surface area contributed by atoms with Crippen LogP contribution in [0.3, 0.4) is 0 Å². The number of nitrogens with one attached hydrogen (secondary N) is 1. The minimum absolute atomic E-state index is 0. The third kappa shape index (κ3) is 8.42. The molecule has 0 aromatic heterocycles. The number of carbonyl (C=O) groups is 1. The lowest BCUT2D eigenvalue weighted by atomic mass is 9.99. The predicted octanol–water partition coefficient (Wildman–Crippen LogP) is 4.13. The van der Waals surface area contributed by atoms with Gasteiger partial charge >= 0.3 is 0 Å². The van der Waals surface area contributed by atoms with E-state index >= 15 is 0 Å². The van der Waals surface area contributed by atoms with Gasteiger partial charge in [-0.05, 0) is 29.9 Å². The van der Waals surface area contributed by atoms with Gasteiger partial charge in [-0.1, -0.05) is 44.2 Å². The summed E-state index contributed by atoms with van der Waals surface area (Å²) in [5.41, 5.74) is 8.45. The summed E-state index contributed by atoms with van der Waals surface area (Å²) in [5.74, 6) is 0.575. The van der Waals surface area contributed by atoms with Gasteiger partial charge in [0.25, 0.3) is 0 Å². The van der Waals surface area contributed by atoms with Gasteiger partial charge in [0, 0.05) is 19.0 Å². The SMILES string of the molecule is C=CCCCC(=O)NCC(N)c1ccc(C(C)C)cc1.Cl.Cl. The van der Waals surface area contributed by atoms with Crippen molar-refractivity contribution in [3.05, 3.63) is 48.0 Å². The molecule has 0 radical (unpaired) electrons. The van der Waals surface area contributed by atoms with Gasteiger partial charge in [0.2, 0.25) is 5.91 Å². The zero-order valence-corrected chi connectivity index (χ0v) is 15.0. The maximum absolute atomic E-state index is 11.6. The van der Waals surface area contributed by atoms with E-state index in [0.29, 0.717) is 18.9 Å². The molecule has 0 bridgehead atoms. The minimum atomic E-state index is -0.153. The van der Waals surface area contributed by atoms with Crippen LogP contribution in [0.15, 0.2) is 36.9 Å². The quantitative estimate of drug-likeness (QED) is 0.549. The van der Waals surface area contributed by atoms with E-state index in [1.54, 1.807) is 0 Å².